The maximum absolute atomic E-state index is 12.1. The molecule has 0 saturated heterocycles. The third-order valence-electron chi connectivity index (χ3n) is 3.58. The molecule has 24 heavy (non-hydrogen) atoms. The van der Waals surface area contributed by atoms with Crippen LogP contribution in [0.15, 0.2) is 54.6 Å². The van der Waals surface area contributed by atoms with Crippen LogP contribution in [0, 0.1) is 10.1 Å². The van der Waals surface area contributed by atoms with Crippen molar-refractivity contribution in [2.24, 2.45) is 0 Å². The molecule has 0 amide bonds. The predicted molar refractivity (Wildman–Crippen MR) is 89.9 cm³/mol. The molecule has 0 unspecified atom stereocenters. The first-order chi connectivity index (χ1) is 11.7. The Kier molecular flexibility index (Phi) is 4.65. The summed E-state index contributed by atoms with van der Waals surface area (Å²) in [6.45, 7) is -0.0416. The van der Waals surface area contributed by atoms with Gasteiger partial charge in [0.05, 0.1) is 29.4 Å². The molecule has 3 rings (SSSR count). The summed E-state index contributed by atoms with van der Waals surface area (Å²) in [7, 11) is 0. The van der Waals surface area contributed by atoms with E-state index in [4.69, 9.17) is 4.74 Å². The van der Waals surface area contributed by atoms with E-state index in [9.17, 15) is 14.5 Å². The largest absolute Gasteiger partial charge is 0.493 e. The Labute approximate surface area is 137 Å². The molecule has 1 heterocycles. The molecule has 5 nitrogen and oxygen atoms in total. The van der Waals surface area contributed by atoms with E-state index < -0.39 is 11.6 Å². The molecular formula is C18H15FN2O3. The molecule has 122 valence electrons. The van der Waals surface area contributed by atoms with Gasteiger partial charge in [-0.1, -0.05) is 6.07 Å². The van der Waals surface area contributed by atoms with Crippen LogP contribution >= 0.6 is 0 Å². The summed E-state index contributed by atoms with van der Waals surface area (Å²) in [6.07, 6.45) is 0.375. The van der Waals surface area contributed by atoms with Gasteiger partial charge in [0.25, 0.3) is 5.69 Å². The van der Waals surface area contributed by atoms with Gasteiger partial charge in [0.1, 0.15) is 5.75 Å². The van der Waals surface area contributed by atoms with Gasteiger partial charge >= 0.3 is 0 Å². The molecule has 3 aromatic rings. The van der Waals surface area contributed by atoms with Crippen molar-refractivity contribution in [3.05, 3.63) is 64.7 Å². The molecule has 0 N–H and O–H groups in total. The summed E-state index contributed by atoms with van der Waals surface area (Å²) >= 11 is 0. The number of non-ortho nitro benzene ring substituents is 1. The van der Waals surface area contributed by atoms with Crippen LogP contribution in [-0.4, -0.2) is 23.2 Å². The number of halogens is 1. The van der Waals surface area contributed by atoms with Crippen LogP contribution in [0.25, 0.3) is 22.2 Å². The summed E-state index contributed by atoms with van der Waals surface area (Å²) in [5.41, 5.74) is 2.42. The molecule has 0 atom stereocenters. The van der Waals surface area contributed by atoms with Crippen molar-refractivity contribution < 1.29 is 14.1 Å². The van der Waals surface area contributed by atoms with E-state index in [1.54, 1.807) is 6.07 Å². The first-order valence-electron chi connectivity index (χ1n) is 7.52. The number of aromatic nitrogens is 1. The van der Waals surface area contributed by atoms with Crippen LogP contribution in [0.3, 0.4) is 0 Å². The summed E-state index contributed by atoms with van der Waals surface area (Å²) < 4.78 is 17.5. The molecule has 0 aliphatic rings. The van der Waals surface area contributed by atoms with Crippen molar-refractivity contribution in [2.75, 3.05) is 13.3 Å². The Morgan fingerprint density at radius 3 is 2.58 bits per heavy atom. The highest BCUT2D eigenvalue weighted by molar-refractivity contribution is 5.83. The second-order valence-corrected chi connectivity index (χ2v) is 5.25. The Bertz CT molecular complexity index is 866. The molecule has 0 spiro atoms. The number of nitro groups is 1. The zero-order valence-electron chi connectivity index (χ0n) is 12.8. The molecule has 1 aromatic heterocycles. The number of pyridine rings is 1. The second kappa shape index (κ2) is 7.04. The highest BCUT2D eigenvalue weighted by Crippen LogP contribution is 2.25. The zero-order valence-corrected chi connectivity index (χ0v) is 12.8. The number of alkyl halides is 1. The summed E-state index contributed by atoms with van der Waals surface area (Å²) in [5.74, 6) is 0.684. The average Bonchev–Trinajstić information content (AvgIpc) is 2.61. The van der Waals surface area contributed by atoms with E-state index in [-0.39, 0.29) is 5.69 Å². The Morgan fingerprint density at radius 2 is 1.88 bits per heavy atom. The maximum atomic E-state index is 12.1. The van der Waals surface area contributed by atoms with Crippen molar-refractivity contribution >= 4 is 16.6 Å². The highest BCUT2D eigenvalue weighted by Gasteiger charge is 2.08. The van der Waals surface area contributed by atoms with Gasteiger partial charge in [0.2, 0.25) is 0 Å². The van der Waals surface area contributed by atoms with Gasteiger partial charge in [0.15, 0.2) is 0 Å². The fourth-order valence-corrected chi connectivity index (χ4v) is 2.35. The molecule has 0 fully saturated rings. The third-order valence-corrected chi connectivity index (χ3v) is 3.58. The number of hydrogen-bond acceptors (Lipinski definition) is 4. The lowest BCUT2D eigenvalue weighted by Crippen LogP contribution is -1.97. The Balaban J connectivity index is 1.83. The molecule has 6 heteroatoms. The fourth-order valence-electron chi connectivity index (χ4n) is 2.35. The first-order valence-corrected chi connectivity index (χ1v) is 7.52. The van der Waals surface area contributed by atoms with Crippen LogP contribution in [-0.2, 0) is 0 Å². The summed E-state index contributed by atoms with van der Waals surface area (Å²) in [4.78, 5) is 14.9. The van der Waals surface area contributed by atoms with E-state index >= 15 is 0 Å². The summed E-state index contributed by atoms with van der Waals surface area (Å²) in [6, 6.07) is 15.6. The third kappa shape index (κ3) is 3.48. The maximum Gasteiger partial charge on any atom is 0.270 e. The van der Waals surface area contributed by atoms with E-state index in [1.807, 2.05) is 36.4 Å². The second-order valence-electron chi connectivity index (χ2n) is 5.25. The average molecular weight is 326 g/mol. The quantitative estimate of drug-likeness (QED) is 0.379. The zero-order chi connectivity index (χ0) is 16.9. The number of nitro benzene ring substituents is 1. The topological polar surface area (TPSA) is 65.3 Å². The van der Waals surface area contributed by atoms with Crippen LogP contribution < -0.4 is 4.74 Å². The van der Waals surface area contributed by atoms with Gasteiger partial charge in [-0.3, -0.25) is 14.5 Å². The monoisotopic (exact) mass is 326 g/mol. The van der Waals surface area contributed by atoms with Crippen LogP contribution in [0.5, 0.6) is 5.75 Å². The highest BCUT2D eigenvalue weighted by atomic mass is 19.1. The minimum Gasteiger partial charge on any atom is -0.493 e. The predicted octanol–water partition coefficient (Wildman–Crippen LogP) is 4.55. The van der Waals surface area contributed by atoms with Crippen LogP contribution in [0.4, 0.5) is 10.1 Å². The van der Waals surface area contributed by atoms with Crippen molar-refractivity contribution in [2.45, 2.75) is 6.42 Å². The van der Waals surface area contributed by atoms with E-state index in [2.05, 4.69) is 4.98 Å². The number of benzene rings is 2. The molecule has 0 saturated carbocycles. The lowest BCUT2D eigenvalue weighted by molar-refractivity contribution is -0.384. The van der Waals surface area contributed by atoms with E-state index in [0.29, 0.717) is 24.3 Å². The smallest absolute Gasteiger partial charge is 0.270 e. The number of nitrogens with zero attached hydrogens (tertiary/aromatic N) is 2. The van der Waals surface area contributed by atoms with Crippen molar-refractivity contribution in [1.29, 1.82) is 0 Å². The van der Waals surface area contributed by atoms with Gasteiger partial charge in [0, 0.05) is 29.5 Å². The van der Waals surface area contributed by atoms with E-state index in [1.165, 1.54) is 12.1 Å². The number of ether oxygens (including phenoxy) is 1. The van der Waals surface area contributed by atoms with Crippen molar-refractivity contribution in [3.8, 4) is 17.0 Å². The fraction of sp³-hybridized carbons (Fsp3) is 0.167. The van der Waals surface area contributed by atoms with Gasteiger partial charge < -0.3 is 4.74 Å². The lowest BCUT2D eigenvalue weighted by atomic mass is 10.1. The van der Waals surface area contributed by atoms with Crippen molar-refractivity contribution in [1.82, 2.24) is 4.98 Å². The number of hydrogen-bond donors (Lipinski definition) is 0. The normalized spacial score (nSPS) is 10.7. The minimum atomic E-state index is -0.422. The van der Waals surface area contributed by atoms with E-state index in [0.717, 1.165) is 16.6 Å². The Hall–Kier alpha value is -3.02. The minimum absolute atomic E-state index is 0.0480. The lowest BCUT2D eigenvalue weighted by Gasteiger charge is -2.07. The Morgan fingerprint density at radius 1 is 1.08 bits per heavy atom. The standard InChI is InChI=1S/C18H15FN2O3/c19-10-1-11-24-16-6-2-13(3-7-16)17-8-4-14-12-15(21(22)23)5-9-18(14)20-17/h2-9,12H,1,10-11H2. The molecule has 0 radical (unpaired) electrons. The molecule has 0 bridgehead atoms. The first kappa shape index (κ1) is 15.9. The van der Waals surface area contributed by atoms with Gasteiger partial charge in [-0.05, 0) is 36.4 Å². The van der Waals surface area contributed by atoms with Crippen LogP contribution in [0.1, 0.15) is 6.42 Å². The van der Waals surface area contributed by atoms with Gasteiger partial charge in [-0.15, -0.1) is 0 Å². The van der Waals surface area contributed by atoms with Crippen LogP contribution in [0.2, 0.25) is 0 Å². The van der Waals surface area contributed by atoms with Gasteiger partial charge in [-0.25, -0.2) is 4.98 Å². The number of rotatable bonds is 6. The molecule has 0 aliphatic heterocycles. The molecular weight excluding hydrogens is 311 g/mol. The van der Waals surface area contributed by atoms with Gasteiger partial charge in [-0.2, -0.15) is 0 Å². The number of fused-ring (bicyclic) bond motifs is 1. The molecule has 2 aromatic carbocycles. The van der Waals surface area contributed by atoms with Crippen molar-refractivity contribution in [3.63, 3.8) is 0 Å². The SMILES string of the molecule is O=[N+]([O-])c1ccc2nc(-c3ccc(OCCCF)cc3)ccc2c1. The summed E-state index contributed by atoms with van der Waals surface area (Å²) in [5, 5.41) is 11.5. The molecule has 0 aliphatic carbocycles.